The van der Waals surface area contributed by atoms with Gasteiger partial charge in [0.2, 0.25) is 10.4 Å². The molecule has 120 valence electrons. The monoisotopic (exact) mass is 354 g/mol. The van der Waals surface area contributed by atoms with E-state index in [0.717, 1.165) is 4.90 Å². The fraction of sp³-hybridized carbons (Fsp3) is 0.444. The summed E-state index contributed by atoms with van der Waals surface area (Å²) in [5.74, 6) is -0.275. The summed E-state index contributed by atoms with van der Waals surface area (Å²) in [7, 11) is -3.54. The Hall–Kier alpha value is -1.38. The van der Waals surface area contributed by atoms with Crippen molar-refractivity contribution >= 4 is 22.3 Å². The number of hydroxylamine groups is 2. The first kappa shape index (κ1) is 18.0. The number of rotatable bonds is 3. The molecule has 2 bridgehead atoms. The van der Waals surface area contributed by atoms with Crippen molar-refractivity contribution in [3.8, 4) is 0 Å². The maximum Gasteiger partial charge on any atom is 1.00 e. The number of amides is 2. The SMILES string of the molecule is Cn1ncc2c1[C@@H](/C(N)=N/O)N1C[C@@H]2N(OS(=O)(=O)[O-])C1=O.[Na+]. The molecule has 2 amide bonds. The van der Waals surface area contributed by atoms with Crippen molar-refractivity contribution in [1.82, 2.24) is 19.7 Å². The number of fused-ring (bicyclic) bond motifs is 4. The van der Waals surface area contributed by atoms with Gasteiger partial charge in [-0.1, -0.05) is 5.16 Å². The van der Waals surface area contributed by atoms with Gasteiger partial charge < -0.3 is 20.4 Å². The van der Waals surface area contributed by atoms with Crippen LogP contribution in [0.1, 0.15) is 23.3 Å². The third-order valence-electron chi connectivity index (χ3n) is 3.60. The number of amidine groups is 1. The first-order chi connectivity index (χ1) is 10.2. The molecular weight excluding hydrogens is 343 g/mol. The summed E-state index contributed by atoms with van der Waals surface area (Å²) >= 11 is 0. The maximum atomic E-state index is 12.3. The van der Waals surface area contributed by atoms with Gasteiger partial charge in [-0.05, 0) is 0 Å². The molecule has 2 atom stereocenters. The van der Waals surface area contributed by atoms with Gasteiger partial charge in [-0.25, -0.2) is 13.2 Å². The number of aryl methyl sites for hydroxylation is 1. The van der Waals surface area contributed by atoms with Gasteiger partial charge >= 0.3 is 35.6 Å². The molecule has 1 saturated heterocycles. The van der Waals surface area contributed by atoms with Crippen LogP contribution in [0.5, 0.6) is 0 Å². The molecule has 2 aliphatic heterocycles. The summed E-state index contributed by atoms with van der Waals surface area (Å²) in [6, 6.07) is -2.65. The zero-order valence-corrected chi connectivity index (χ0v) is 15.0. The molecular formula is C9H11N6NaO6S. The van der Waals surface area contributed by atoms with Crippen LogP contribution in [-0.4, -0.2) is 56.3 Å². The second-order valence-electron chi connectivity index (χ2n) is 4.80. The number of nitrogens with two attached hydrogens (primary N) is 1. The predicted molar refractivity (Wildman–Crippen MR) is 66.8 cm³/mol. The summed E-state index contributed by atoms with van der Waals surface area (Å²) in [5, 5.41) is 16.3. The molecule has 14 heteroatoms. The number of hydrogen-bond acceptors (Lipinski definition) is 8. The van der Waals surface area contributed by atoms with E-state index in [4.69, 9.17) is 10.9 Å². The van der Waals surface area contributed by atoms with E-state index in [0.29, 0.717) is 16.3 Å². The number of carbonyl (C=O) groups excluding carboxylic acids is 1. The van der Waals surface area contributed by atoms with Gasteiger partial charge in [-0.15, -0.1) is 0 Å². The van der Waals surface area contributed by atoms with Gasteiger partial charge in [0.15, 0.2) is 5.84 Å². The van der Waals surface area contributed by atoms with E-state index in [2.05, 4.69) is 14.5 Å². The van der Waals surface area contributed by atoms with Crippen molar-refractivity contribution < 1.29 is 56.8 Å². The zero-order valence-electron chi connectivity index (χ0n) is 12.1. The van der Waals surface area contributed by atoms with Crippen LogP contribution in [-0.2, 0) is 21.7 Å². The van der Waals surface area contributed by atoms with E-state index in [1.165, 1.54) is 10.9 Å². The quantitative estimate of drug-likeness (QED) is 0.104. The van der Waals surface area contributed by atoms with Crippen LogP contribution in [0.3, 0.4) is 0 Å². The number of nitrogens with zero attached hydrogens (tertiary/aromatic N) is 5. The molecule has 1 fully saturated rings. The van der Waals surface area contributed by atoms with Crippen molar-refractivity contribution in [2.24, 2.45) is 17.9 Å². The fourth-order valence-corrected chi connectivity index (χ4v) is 3.14. The average molecular weight is 354 g/mol. The van der Waals surface area contributed by atoms with Gasteiger partial charge in [-0.2, -0.15) is 14.4 Å². The van der Waals surface area contributed by atoms with E-state index >= 15 is 0 Å². The summed E-state index contributed by atoms with van der Waals surface area (Å²) < 4.78 is 38.1. The van der Waals surface area contributed by atoms with Crippen molar-refractivity contribution in [3.05, 3.63) is 17.5 Å². The molecule has 0 aliphatic carbocycles. The molecule has 1 aromatic heterocycles. The van der Waals surface area contributed by atoms with Gasteiger partial charge in [0.05, 0.1) is 18.4 Å². The molecule has 0 spiro atoms. The van der Waals surface area contributed by atoms with E-state index in [1.54, 1.807) is 7.05 Å². The topological polar surface area (TPSA) is 166 Å². The molecule has 23 heavy (non-hydrogen) atoms. The number of aromatic nitrogens is 2. The molecule has 0 aromatic carbocycles. The number of hydrogen-bond donors (Lipinski definition) is 2. The first-order valence-corrected chi connectivity index (χ1v) is 7.32. The molecule has 0 unspecified atom stereocenters. The molecule has 3 N–H and O–H groups in total. The normalized spacial score (nSPS) is 23.7. The minimum absolute atomic E-state index is 0. The second-order valence-corrected chi connectivity index (χ2v) is 5.76. The van der Waals surface area contributed by atoms with Crippen molar-refractivity contribution in [3.63, 3.8) is 0 Å². The Bertz CT molecular complexity index is 777. The summed E-state index contributed by atoms with van der Waals surface area (Å²) in [5.41, 5.74) is 6.52. The molecule has 3 rings (SSSR count). The zero-order chi connectivity index (χ0) is 16.2. The number of oxime groups is 1. The van der Waals surface area contributed by atoms with Gasteiger partial charge in [0.1, 0.15) is 12.1 Å². The van der Waals surface area contributed by atoms with Crippen LogP contribution in [0.2, 0.25) is 0 Å². The largest absolute Gasteiger partial charge is 1.00 e. The van der Waals surface area contributed by atoms with Gasteiger partial charge in [0, 0.05) is 12.6 Å². The van der Waals surface area contributed by atoms with Crippen LogP contribution >= 0.6 is 0 Å². The minimum Gasteiger partial charge on any atom is -0.724 e. The summed E-state index contributed by atoms with van der Waals surface area (Å²) in [6.07, 6.45) is 1.40. The molecule has 12 nitrogen and oxygen atoms in total. The first-order valence-electron chi connectivity index (χ1n) is 5.99. The Morgan fingerprint density at radius 2 is 2.26 bits per heavy atom. The van der Waals surface area contributed by atoms with Crippen LogP contribution in [0.25, 0.3) is 0 Å². The molecule has 2 aliphatic rings. The molecule has 3 heterocycles. The molecule has 0 radical (unpaired) electrons. The summed E-state index contributed by atoms with van der Waals surface area (Å²) in [6.45, 7) is 0.00787. The average Bonchev–Trinajstić information content (AvgIpc) is 2.93. The van der Waals surface area contributed by atoms with Gasteiger partial charge in [0.25, 0.3) is 0 Å². The third-order valence-corrected chi connectivity index (χ3v) is 3.94. The number of urea groups is 1. The van der Waals surface area contributed by atoms with Crippen LogP contribution < -0.4 is 35.3 Å². The van der Waals surface area contributed by atoms with E-state index < -0.39 is 28.5 Å². The molecule has 0 saturated carbocycles. The Morgan fingerprint density at radius 1 is 1.61 bits per heavy atom. The smallest absolute Gasteiger partial charge is 0.724 e. The Kier molecular flexibility index (Phi) is 4.62. The maximum absolute atomic E-state index is 12.3. The molecule has 1 aromatic rings. The Morgan fingerprint density at radius 3 is 2.83 bits per heavy atom. The van der Waals surface area contributed by atoms with E-state index in [9.17, 15) is 17.8 Å². The van der Waals surface area contributed by atoms with Crippen LogP contribution in [0.4, 0.5) is 4.79 Å². The Balaban J connectivity index is 0.00000192. The second kappa shape index (κ2) is 5.92. The van der Waals surface area contributed by atoms with Gasteiger partial charge in [-0.3, -0.25) is 4.68 Å². The number of carbonyl (C=O) groups is 1. The van der Waals surface area contributed by atoms with Crippen LogP contribution in [0, 0.1) is 0 Å². The minimum atomic E-state index is -5.13. The predicted octanol–water partition coefficient (Wildman–Crippen LogP) is -4.60. The fourth-order valence-electron chi connectivity index (χ4n) is 2.78. The summed E-state index contributed by atoms with van der Waals surface area (Å²) in [4.78, 5) is 13.4. The van der Waals surface area contributed by atoms with E-state index in [-0.39, 0.29) is 41.9 Å². The van der Waals surface area contributed by atoms with E-state index in [1.807, 2.05) is 0 Å². The van der Waals surface area contributed by atoms with Crippen molar-refractivity contribution in [2.75, 3.05) is 6.54 Å². The van der Waals surface area contributed by atoms with Crippen molar-refractivity contribution in [2.45, 2.75) is 12.1 Å². The van der Waals surface area contributed by atoms with Crippen molar-refractivity contribution in [1.29, 1.82) is 0 Å². The van der Waals surface area contributed by atoms with Crippen LogP contribution in [0.15, 0.2) is 11.4 Å². The Labute approximate surface area is 152 Å². The third kappa shape index (κ3) is 2.79. The standard InChI is InChI=1S/C9H12N6O6S.Na/c1-13-6-4(2-11-13)5-3-14(7(6)8(10)12-17)9(16)15(5)21-22(18,19)20;/h2,5,7,17H,3H2,1H3,(H2,10,12)(H,18,19,20);/q;+1/p-1/t5-,7-;/m0./s1.